The van der Waals surface area contributed by atoms with E-state index in [0.29, 0.717) is 13.1 Å². The third-order valence-electron chi connectivity index (χ3n) is 5.82. The number of carbonyl (C=O) groups excluding carboxylic acids is 1. The molecule has 0 bridgehead atoms. The molecule has 7 nitrogen and oxygen atoms in total. The highest BCUT2D eigenvalue weighted by atomic mass is 16.5. The van der Waals surface area contributed by atoms with Crippen molar-refractivity contribution in [2.45, 2.75) is 43.6 Å². The summed E-state index contributed by atoms with van der Waals surface area (Å²) < 4.78 is 11.4. The fraction of sp³-hybridized carbons (Fsp3) is 0.526. The van der Waals surface area contributed by atoms with Gasteiger partial charge < -0.3 is 29.4 Å². The van der Waals surface area contributed by atoms with Crippen LogP contribution in [-0.4, -0.2) is 59.3 Å². The fourth-order valence-electron chi connectivity index (χ4n) is 4.18. The van der Waals surface area contributed by atoms with E-state index in [1.165, 1.54) is 0 Å². The molecule has 2 aromatic rings. The number of nitrogens with one attached hydrogen (secondary N) is 1. The number of benzene rings is 1. The van der Waals surface area contributed by atoms with E-state index in [1.54, 1.807) is 11.2 Å². The van der Waals surface area contributed by atoms with Crippen LogP contribution in [-0.2, 0) is 11.2 Å². The third-order valence-corrected chi connectivity index (χ3v) is 5.82. The van der Waals surface area contributed by atoms with Gasteiger partial charge in [-0.15, -0.1) is 0 Å². The van der Waals surface area contributed by atoms with Crippen LogP contribution in [0.2, 0.25) is 0 Å². The second kappa shape index (κ2) is 7.54. The molecule has 3 N–H and O–H groups in total. The van der Waals surface area contributed by atoms with Gasteiger partial charge >= 0.3 is 13.1 Å². The molecule has 2 amide bonds. The van der Waals surface area contributed by atoms with Crippen molar-refractivity contribution in [2.24, 2.45) is 0 Å². The molecule has 4 rings (SSSR count). The Balaban J connectivity index is 1.39. The summed E-state index contributed by atoms with van der Waals surface area (Å²) in [6.07, 6.45) is 5.70. The summed E-state index contributed by atoms with van der Waals surface area (Å²) in [6.45, 7) is 2.05. The average Bonchev–Trinajstić information content (AvgIpc) is 3.29. The summed E-state index contributed by atoms with van der Waals surface area (Å²) in [7, 11) is -1.66. The first-order valence-corrected chi connectivity index (χ1v) is 9.57. The van der Waals surface area contributed by atoms with Crippen LogP contribution in [0.4, 0.5) is 4.79 Å². The Bertz CT molecular complexity index is 792. The zero-order chi connectivity index (χ0) is 18.9. The van der Waals surface area contributed by atoms with E-state index >= 15 is 0 Å². The molecule has 1 aromatic heterocycles. The monoisotopic (exact) mass is 372 g/mol. The van der Waals surface area contributed by atoms with Crippen LogP contribution in [0.3, 0.4) is 0 Å². The molecule has 1 spiro atoms. The van der Waals surface area contributed by atoms with Gasteiger partial charge in [-0.2, -0.15) is 0 Å². The molecule has 1 atom stereocenters. The Morgan fingerprint density at radius 2 is 2.04 bits per heavy atom. The zero-order valence-corrected chi connectivity index (χ0v) is 15.3. The Morgan fingerprint density at radius 1 is 1.26 bits per heavy atom. The number of para-hydroxylation sites is 1. The molecular formula is C19H25BN2O5. The Morgan fingerprint density at radius 3 is 2.74 bits per heavy atom. The molecule has 3 heterocycles. The Kier molecular flexibility index (Phi) is 5.12. The maximum Gasteiger partial charge on any atom is 0.475 e. The Hall–Kier alpha value is -2.03. The lowest BCUT2D eigenvalue weighted by Crippen LogP contribution is -2.55. The van der Waals surface area contributed by atoms with Gasteiger partial charge in [0.25, 0.3) is 0 Å². The SMILES string of the molecule is O=C(N[C@@H](Cc1coc2ccccc12)B(O)O)N1CCC2(CCCO2)CC1. The number of rotatable bonds is 4. The van der Waals surface area contributed by atoms with Gasteiger partial charge in [0.15, 0.2) is 0 Å². The van der Waals surface area contributed by atoms with E-state index in [2.05, 4.69) is 5.32 Å². The minimum Gasteiger partial charge on any atom is -0.464 e. The number of hydrogen-bond donors (Lipinski definition) is 3. The summed E-state index contributed by atoms with van der Waals surface area (Å²) in [5.74, 6) is -0.808. The van der Waals surface area contributed by atoms with Crippen LogP contribution in [0, 0.1) is 0 Å². The number of fused-ring (bicyclic) bond motifs is 1. The van der Waals surface area contributed by atoms with Crippen molar-refractivity contribution >= 4 is 24.1 Å². The number of hydrogen-bond acceptors (Lipinski definition) is 5. The van der Waals surface area contributed by atoms with Crippen LogP contribution < -0.4 is 5.32 Å². The van der Waals surface area contributed by atoms with Gasteiger partial charge in [0.05, 0.1) is 17.8 Å². The van der Waals surface area contributed by atoms with E-state index in [1.807, 2.05) is 24.3 Å². The quantitative estimate of drug-likeness (QED) is 0.711. The largest absolute Gasteiger partial charge is 0.475 e. The molecule has 144 valence electrons. The van der Waals surface area contributed by atoms with E-state index < -0.39 is 13.1 Å². The molecule has 8 heteroatoms. The van der Waals surface area contributed by atoms with Gasteiger partial charge in [0.2, 0.25) is 0 Å². The predicted molar refractivity (Wildman–Crippen MR) is 101 cm³/mol. The molecule has 0 saturated carbocycles. The molecule has 2 aliphatic rings. The zero-order valence-electron chi connectivity index (χ0n) is 15.3. The smallest absolute Gasteiger partial charge is 0.464 e. The van der Waals surface area contributed by atoms with Gasteiger partial charge in [-0.25, -0.2) is 4.79 Å². The molecule has 27 heavy (non-hydrogen) atoms. The number of ether oxygens (including phenoxy) is 1. The highest BCUT2D eigenvalue weighted by molar-refractivity contribution is 6.43. The first kappa shape index (κ1) is 18.3. The van der Waals surface area contributed by atoms with Crippen LogP contribution >= 0.6 is 0 Å². The summed E-state index contributed by atoms with van der Waals surface area (Å²) in [5, 5.41) is 23.2. The molecule has 0 aliphatic carbocycles. The molecular weight excluding hydrogens is 347 g/mol. The van der Waals surface area contributed by atoms with Crippen molar-refractivity contribution in [2.75, 3.05) is 19.7 Å². The highest BCUT2D eigenvalue weighted by Crippen LogP contribution is 2.35. The van der Waals surface area contributed by atoms with Gasteiger partial charge in [0.1, 0.15) is 5.58 Å². The van der Waals surface area contributed by atoms with Crippen LogP contribution in [0.25, 0.3) is 11.0 Å². The standard InChI is InChI=1S/C19H25BN2O5/c23-18(22-9-7-19(8-10-22)6-3-11-27-19)21-17(20(24)25)12-14-13-26-16-5-2-1-4-15(14)16/h1-2,4-5,13,17,24-25H,3,6-12H2,(H,21,23)/t17-/m0/s1. The van der Waals surface area contributed by atoms with Crippen molar-refractivity contribution in [3.05, 3.63) is 36.1 Å². The number of carbonyl (C=O) groups is 1. The van der Waals surface area contributed by atoms with Crippen LogP contribution in [0.5, 0.6) is 0 Å². The lowest BCUT2D eigenvalue weighted by Gasteiger charge is -2.39. The fourth-order valence-corrected chi connectivity index (χ4v) is 4.18. The Labute approximate surface area is 158 Å². The van der Waals surface area contributed by atoms with Crippen LogP contribution in [0.1, 0.15) is 31.2 Å². The first-order chi connectivity index (χ1) is 13.1. The van der Waals surface area contributed by atoms with E-state index in [4.69, 9.17) is 9.15 Å². The van der Waals surface area contributed by atoms with Crippen LogP contribution in [0.15, 0.2) is 34.9 Å². The molecule has 2 aliphatic heterocycles. The second-order valence-corrected chi connectivity index (χ2v) is 7.55. The van der Waals surface area contributed by atoms with Crippen molar-refractivity contribution in [3.63, 3.8) is 0 Å². The van der Waals surface area contributed by atoms with Crippen molar-refractivity contribution in [3.8, 4) is 0 Å². The minimum atomic E-state index is -1.66. The highest BCUT2D eigenvalue weighted by Gasteiger charge is 2.40. The van der Waals surface area contributed by atoms with E-state index in [0.717, 1.165) is 48.8 Å². The summed E-state index contributed by atoms with van der Waals surface area (Å²) >= 11 is 0. The first-order valence-electron chi connectivity index (χ1n) is 9.57. The molecule has 2 saturated heterocycles. The third kappa shape index (κ3) is 3.83. The maximum absolute atomic E-state index is 12.6. The van der Waals surface area contributed by atoms with Gasteiger partial charge in [0, 0.05) is 25.1 Å². The molecule has 0 unspecified atom stereocenters. The number of piperidine rings is 1. The number of likely N-dealkylation sites (tertiary alicyclic amines) is 1. The average molecular weight is 372 g/mol. The van der Waals surface area contributed by atoms with E-state index in [9.17, 15) is 14.8 Å². The van der Waals surface area contributed by atoms with Gasteiger partial charge in [-0.3, -0.25) is 0 Å². The molecule has 1 aromatic carbocycles. The maximum atomic E-state index is 12.6. The summed E-state index contributed by atoms with van der Waals surface area (Å²) in [5.41, 5.74) is 1.52. The number of furan rings is 1. The summed E-state index contributed by atoms with van der Waals surface area (Å²) in [6, 6.07) is 7.29. The number of nitrogens with zero attached hydrogens (tertiary/aromatic N) is 1. The second-order valence-electron chi connectivity index (χ2n) is 7.55. The topological polar surface area (TPSA) is 95.2 Å². The molecule has 0 radical (unpaired) electrons. The molecule has 2 fully saturated rings. The number of amides is 2. The van der Waals surface area contributed by atoms with Crippen molar-refractivity contribution in [1.29, 1.82) is 0 Å². The van der Waals surface area contributed by atoms with E-state index in [-0.39, 0.29) is 18.1 Å². The lowest BCUT2D eigenvalue weighted by atomic mass is 9.76. The normalized spacial score (nSPS) is 20.1. The minimum absolute atomic E-state index is 0.0532. The van der Waals surface area contributed by atoms with Gasteiger partial charge in [-0.05, 0) is 43.7 Å². The number of urea groups is 1. The van der Waals surface area contributed by atoms with Gasteiger partial charge in [-0.1, -0.05) is 18.2 Å². The van der Waals surface area contributed by atoms with Crippen molar-refractivity contribution < 1.29 is 24.0 Å². The van der Waals surface area contributed by atoms with Crippen molar-refractivity contribution in [1.82, 2.24) is 10.2 Å². The predicted octanol–water partition coefficient (Wildman–Crippen LogP) is 1.71. The lowest BCUT2D eigenvalue weighted by molar-refractivity contribution is -0.0362. The summed E-state index contributed by atoms with van der Waals surface area (Å²) in [4.78, 5) is 14.4.